The first-order valence-corrected chi connectivity index (χ1v) is 5.91. The van der Waals surface area contributed by atoms with Crippen LogP contribution in [0.15, 0.2) is 0 Å². The fourth-order valence-corrected chi connectivity index (χ4v) is 2.56. The van der Waals surface area contributed by atoms with E-state index in [1.807, 2.05) is 6.92 Å². The summed E-state index contributed by atoms with van der Waals surface area (Å²) in [4.78, 5) is 0. The molecule has 0 amide bonds. The second-order valence-corrected chi connectivity index (χ2v) is 4.55. The van der Waals surface area contributed by atoms with E-state index in [4.69, 9.17) is 5.73 Å². The van der Waals surface area contributed by atoms with Crippen molar-refractivity contribution in [3.8, 4) is 11.8 Å². The van der Waals surface area contributed by atoms with Gasteiger partial charge in [0.05, 0.1) is 0 Å². The summed E-state index contributed by atoms with van der Waals surface area (Å²) in [5.74, 6) is 7.61. The van der Waals surface area contributed by atoms with Gasteiger partial charge in [-0.05, 0) is 31.6 Å². The van der Waals surface area contributed by atoms with Gasteiger partial charge in [-0.1, -0.05) is 26.2 Å². The maximum atomic E-state index is 6.21. The molecule has 0 saturated heterocycles. The van der Waals surface area contributed by atoms with Crippen LogP contribution in [0.3, 0.4) is 0 Å². The molecule has 2 N–H and O–H groups in total. The number of hydrogen-bond donors (Lipinski definition) is 1. The molecule has 0 aromatic carbocycles. The van der Waals surface area contributed by atoms with E-state index in [1.54, 1.807) is 0 Å². The predicted octanol–water partition coefficient (Wildman–Crippen LogP) is 2.94. The van der Waals surface area contributed by atoms with E-state index < -0.39 is 0 Å². The second-order valence-electron chi connectivity index (χ2n) is 4.55. The highest BCUT2D eigenvalue weighted by molar-refractivity contribution is 4.96. The van der Waals surface area contributed by atoms with Crippen molar-refractivity contribution in [2.24, 2.45) is 17.6 Å². The molecule has 0 spiro atoms. The molecular formula is C13H23N. The molecule has 1 heteroatoms. The Hall–Kier alpha value is -0.480. The molecule has 1 rings (SSSR count). The maximum absolute atomic E-state index is 6.21. The zero-order valence-electron chi connectivity index (χ0n) is 9.55. The smallest absolute Gasteiger partial charge is 0.0103 e. The largest absolute Gasteiger partial charge is 0.327 e. The lowest BCUT2D eigenvalue weighted by atomic mass is 9.75. The van der Waals surface area contributed by atoms with Crippen LogP contribution in [0.1, 0.15) is 52.4 Å². The van der Waals surface area contributed by atoms with E-state index in [1.165, 1.54) is 25.7 Å². The molecule has 3 unspecified atom stereocenters. The van der Waals surface area contributed by atoms with Crippen LogP contribution in [-0.4, -0.2) is 6.04 Å². The molecule has 80 valence electrons. The van der Waals surface area contributed by atoms with Gasteiger partial charge in [0.1, 0.15) is 0 Å². The van der Waals surface area contributed by atoms with Crippen molar-refractivity contribution in [2.45, 2.75) is 58.4 Å². The SMILES string of the molecule is CC#CCCC(N)C1CCCCC1C. The zero-order chi connectivity index (χ0) is 10.4. The van der Waals surface area contributed by atoms with Gasteiger partial charge >= 0.3 is 0 Å². The third-order valence-corrected chi connectivity index (χ3v) is 3.51. The zero-order valence-corrected chi connectivity index (χ0v) is 9.55. The lowest BCUT2D eigenvalue weighted by molar-refractivity contribution is 0.212. The van der Waals surface area contributed by atoms with Crippen LogP contribution < -0.4 is 5.73 Å². The molecule has 1 saturated carbocycles. The van der Waals surface area contributed by atoms with E-state index in [0.717, 1.165) is 24.7 Å². The van der Waals surface area contributed by atoms with E-state index in [9.17, 15) is 0 Å². The predicted molar refractivity (Wildman–Crippen MR) is 61.8 cm³/mol. The highest BCUT2D eigenvalue weighted by atomic mass is 14.7. The molecule has 1 aliphatic rings. The Morgan fingerprint density at radius 1 is 1.36 bits per heavy atom. The molecule has 0 aromatic rings. The topological polar surface area (TPSA) is 26.0 Å². The molecular weight excluding hydrogens is 170 g/mol. The first-order valence-electron chi connectivity index (χ1n) is 5.91. The summed E-state index contributed by atoms with van der Waals surface area (Å²) < 4.78 is 0. The fraction of sp³-hybridized carbons (Fsp3) is 0.846. The van der Waals surface area contributed by atoms with Gasteiger partial charge in [0, 0.05) is 12.5 Å². The molecule has 0 aliphatic heterocycles. The Balaban J connectivity index is 2.32. The molecule has 1 fully saturated rings. The third kappa shape index (κ3) is 3.35. The minimum atomic E-state index is 0.381. The van der Waals surface area contributed by atoms with E-state index >= 15 is 0 Å². The van der Waals surface area contributed by atoms with Gasteiger partial charge in [-0.25, -0.2) is 0 Å². The molecule has 0 bridgehead atoms. The lowest BCUT2D eigenvalue weighted by Crippen LogP contribution is -2.35. The summed E-state index contributed by atoms with van der Waals surface area (Å²) >= 11 is 0. The summed E-state index contributed by atoms with van der Waals surface area (Å²) in [6.45, 7) is 4.25. The van der Waals surface area contributed by atoms with Gasteiger partial charge < -0.3 is 5.73 Å². The van der Waals surface area contributed by atoms with E-state index in [2.05, 4.69) is 18.8 Å². The number of hydrogen-bond acceptors (Lipinski definition) is 1. The summed E-state index contributed by atoms with van der Waals surface area (Å²) in [6, 6.07) is 0.381. The normalized spacial score (nSPS) is 29.1. The van der Waals surface area contributed by atoms with Crippen LogP contribution in [0.5, 0.6) is 0 Å². The van der Waals surface area contributed by atoms with Crippen LogP contribution in [-0.2, 0) is 0 Å². The summed E-state index contributed by atoms with van der Waals surface area (Å²) in [7, 11) is 0. The Kier molecular flexibility index (Phi) is 5.04. The van der Waals surface area contributed by atoms with Crippen molar-refractivity contribution in [2.75, 3.05) is 0 Å². The summed E-state index contributed by atoms with van der Waals surface area (Å²) in [5.41, 5.74) is 6.21. The molecule has 0 heterocycles. The average Bonchev–Trinajstić information content (AvgIpc) is 2.18. The fourth-order valence-electron chi connectivity index (χ4n) is 2.56. The molecule has 0 radical (unpaired) electrons. The first-order chi connectivity index (χ1) is 6.75. The van der Waals surface area contributed by atoms with Crippen LogP contribution in [0, 0.1) is 23.7 Å². The minimum Gasteiger partial charge on any atom is -0.327 e. The van der Waals surface area contributed by atoms with E-state index in [0.29, 0.717) is 6.04 Å². The van der Waals surface area contributed by atoms with Gasteiger partial charge in [-0.3, -0.25) is 0 Å². The minimum absolute atomic E-state index is 0.381. The average molecular weight is 193 g/mol. The number of nitrogens with two attached hydrogens (primary N) is 1. The monoisotopic (exact) mass is 193 g/mol. The van der Waals surface area contributed by atoms with Crippen molar-refractivity contribution < 1.29 is 0 Å². The Morgan fingerprint density at radius 3 is 2.71 bits per heavy atom. The molecule has 1 aliphatic carbocycles. The first kappa shape index (κ1) is 11.6. The Bertz CT molecular complexity index is 211. The van der Waals surface area contributed by atoms with Gasteiger partial charge in [0.2, 0.25) is 0 Å². The van der Waals surface area contributed by atoms with Crippen molar-refractivity contribution >= 4 is 0 Å². The molecule has 0 aromatic heterocycles. The van der Waals surface area contributed by atoms with E-state index in [-0.39, 0.29) is 0 Å². The van der Waals surface area contributed by atoms with Crippen LogP contribution in [0.4, 0.5) is 0 Å². The van der Waals surface area contributed by atoms with Crippen molar-refractivity contribution in [1.82, 2.24) is 0 Å². The maximum Gasteiger partial charge on any atom is 0.0103 e. The lowest BCUT2D eigenvalue weighted by Gasteiger charge is -2.33. The van der Waals surface area contributed by atoms with Gasteiger partial charge in [0.15, 0.2) is 0 Å². The van der Waals surface area contributed by atoms with Crippen molar-refractivity contribution in [3.63, 3.8) is 0 Å². The third-order valence-electron chi connectivity index (χ3n) is 3.51. The quantitative estimate of drug-likeness (QED) is 0.685. The van der Waals surface area contributed by atoms with Crippen LogP contribution >= 0.6 is 0 Å². The number of rotatable bonds is 3. The summed E-state index contributed by atoms with van der Waals surface area (Å²) in [6.07, 6.45) is 7.54. The highest BCUT2D eigenvalue weighted by Crippen LogP contribution is 2.32. The Labute approximate surface area is 88.5 Å². The van der Waals surface area contributed by atoms with Crippen LogP contribution in [0.2, 0.25) is 0 Å². The highest BCUT2D eigenvalue weighted by Gasteiger charge is 2.26. The standard InChI is InChI=1S/C13H23N/c1-3-4-5-10-13(14)12-9-7-6-8-11(12)2/h11-13H,5-10,14H2,1-2H3. The molecule has 14 heavy (non-hydrogen) atoms. The van der Waals surface area contributed by atoms with Crippen molar-refractivity contribution in [3.05, 3.63) is 0 Å². The summed E-state index contributed by atoms with van der Waals surface area (Å²) in [5, 5.41) is 0. The second kappa shape index (κ2) is 6.09. The van der Waals surface area contributed by atoms with Crippen LogP contribution in [0.25, 0.3) is 0 Å². The van der Waals surface area contributed by atoms with Crippen molar-refractivity contribution in [1.29, 1.82) is 0 Å². The Morgan fingerprint density at radius 2 is 2.07 bits per heavy atom. The van der Waals surface area contributed by atoms with Gasteiger partial charge in [-0.2, -0.15) is 0 Å². The molecule has 1 nitrogen and oxygen atoms in total. The van der Waals surface area contributed by atoms with Gasteiger partial charge in [-0.15, -0.1) is 11.8 Å². The van der Waals surface area contributed by atoms with Gasteiger partial charge in [0.25, 0.3) is 0 Å². The molecule has 3 atom stereocenters.